The Balaban J connectivity index is 2.12. The van der Waals surface area contributed by atoms with E-state index in [1.54, 1.807) is 24.3 Å². The maximum Gasteiger partial charge on any atom is 0.319 e. The lowest BCUT2D eigenvalue weighted by atomic mass is 9.94. The molecule has 2 rings (SSSR count). The Labute approximate surface area is 133 Å². The Hall–Kier alpha value is -2.86. The van der Waals surface area contributed by atoms with Crippen molar-refractivity contribution in [2.24, 2.45) is 11.7 Å². The lowest BCUT2D eigenvalue weighted by Gasteiger charge is -2.17. The van der Waals surface area contributed by atoms with Gasteiger partial charge in [0.2, 0.25) is 0 Å². The van der Waals surface area contributed by atoms with Crippen molar-refractivity contribution in [3.63, 3.8) is 0 Å². The third kappa shape index (κ3) is 4.31. The third-order valence-corrected chi connectivity index (χ3v) is 3.38. The number of carbonyl (C=O) groups is 2. The summed E-state index contributed by atoms with van der Waals surface area (Å²) >= 11 is 0. The normalized spacial score (nSPS) is 11.9. The molecule has 6 heteroatoms. The summed E-state index contributed by atoms with van der Waals surface area (Å²) in [6, 6.07) is 14.9. The summed E-state index contributed by atoms with van der Waals surface area (Å²) in [4.78, 5) is 22.1. The highest BCUT2D eigenvalue weighted by Gasteiger charge is 2.33. The van der Waals surface area contributed by atoms with Gasteiger partial charge >= 0.3 is 11.9 Å². The number of ether oxygens (including phenoxy) is 1. The molecule has 0 heterocycles. The first-order chi connectivity index (χ1) is 11.0. The minimum absolute atomic E-state index is 0.348. The van der Waals surface area contributed by atoms with E-state index >= 15 is 0 Å². The van der Waals surface area contributed by atoms with Crippen molar-refractivity contribution in [1.29, 1.82) is 0 Å². The molecule has 0 aromatic heterocycles. The molecule has 0 aliphatic carbocycles. The second-order valence-electron chi connectivity index (χ2n) is 5.03. The van der Waals surface area contributed by atoms with Crippen molar-refractivity contribution >= 4 is 11.9 Å². The van der Waals surface area contributed by atoms with Gasteiger partial charge in [0, 0.05) is 0 Å². The van der Waals surface area contributed by atoms with Gasteiger partial charge in [-0.15, -0.1) is 0 Å². The van der Waals surface area contributed by atoms with Gasteiger partial charge in [-0.25, -0.2) is 0 Å². The highest BCUT2D eigenvalue weighted by atomic mass is 16.5. The fourth-order valence-corrected chi connectivity index (χ4v) is 2.16. The molecule has 0 bridgehead atoms. The smallest absolute Gasteiger partial charge is 0.319 e. The average molecular weight is 315 g/mol. The SMILES string of the molecule is NC(c1cccc(OCc2ccccc2)c1)C(C(=O)O)C(=O)O. The first kappa shape index (κ1) is 16.5. The molecule has 0 saturated heterocycles. The second-order valence-corrected chi connectivity index (χ2v) is 5.03. The highest BCUT2D eigenvalue weighted by molar-refractivity contribution is 5.94. The zero-order valence-electron chi connectivity index (χ0n) is 12.3. The summed E-state index contributed by atoms with van der Waals surface area (Å²) in [5.74, 6) is -4.16. The molecule has 2 aromatic carbocycles. The van der Waals surface area contributed by atoms with Crippen LogP contribution in [0.15, 0.2) is 54.6 Å². The third-order valence-electron chi connectivity index (χ3n) is 3.38. The monoisotopic (exact) mass is 315 g/mol. The van der Waals surface area contributed by atoms with E-state index in [1.807, 2.05) is 30.3 Å². The summed E-state index contributed by atoms with van der Waals surface area (Å²) in [6.07, 6.45) is 0. The predicted molar refractivity (Wildman–Crippen MR) is 82.9 cm³/mol. The second kappa shape index (κ2) is 7.42. The van der Waals surface area contributed by atoms with E-state index in [2.05, 4.69) is 0 Å². The van der Waals surface area contributed by atoms with Crippen LogP contribution >= 0.6 is 0 Å². The van der Waals surface area contributed by atoms with E-state index < -0.39 is 23.9 Å². The number of hydrogen-bond acceptors (Lipinski definition) is 4. The number of rotatable bonds is 7. The summed E-state index contributed by atoms with van der Waals surface area (Å²) < 4.78 is 5.63. The van der Waals surface area contributed by atoms with Gasteiger partial charge in [-0.3, -0.25) is 9.59 Å². The quantitative estimate of drug-likeness (QED) is 0.675. The summed E-state index contributed by atoms with van der Waals surface area (Å²) in [6.45, 7) is 0.348. The van der Waals surface area contributed by atoms with Crippen molar-refractivity contribution in [1.82, 2.24) is 0 Å². The topological polar surface area (TPSA) is 110 Å². The number of nitrogens with two attached hydrogens (primary N) is 1. The zero-order chi connectivity index (χ0) is 16.8. The maximum absolute atomic E-state index is 11.1. The molecule has 6 nitrogen and oxygen atoms in total. The molecule has 0 aliphatic heterocycles. The zero-order valence-corrected chi connectivity index (χ0v) is 12.3. The number of aliphatic carboxylic acids is 2. The van der Waals surface area contributed by atoms with Crippen LogP contribution in [0.5, 0.6) is 5.75 Å². The Morgan fingerprint density at radius 3 is 2.26 bits per heavy atom. The molecule has 23 heavy (non-hydrogen) atoms. The maximum atomic E-state index is 11.1. The number of benzene rings is 2. The number of hydrogen-bond donors (Lipinski definition) is 3. The van der Waals surface area contributed by atoms with Crippen molar-refractivity contribution in [2.75, 3.05) is 0 Å². The Bertz CT molecular complexity index is 672. The lowest BCUT2D eigenvalue weighted by Crippen LogP contribution is -2.34. The summed E-state index contributed by atoms with van der Waals surface area (Å²) in [5, 5.41) is 18.0. The van der Waals surface area contributed by atoms with Gasteiger partial charge in [0.25, 0.3) is 0 Å². The molecule has 0 spiro atoms. The van der Waals surface area contributed by atoms with E-state index in [1.165, 1.54) is 0 Å². The molecule has 0 saturated carbocycles. The predicted octanol–water partition coefficient (Wildman–Crippen LogP) is 2.05. The molecule has 0 aliphatic rings. The van der Waals surface area contributed by atoms with Crippen LogP contribution in [0.25, 0.3) is 0 Å². The Morgan fingerprint density at radius 2 is 1.65 bits per heavy atom. The van der Waals surface area contributed by atoms with Gasteiger partial charge in [-0.05, 0) is 23.3 Å². The number of carboxylic acids is 2. The molecule has 120 valence electrons. The van der Waals surface area contributed by atoms with E-state index in [0.29, 0.717) is 17.9 Å². The fourth-order valence-electron chi connectivity index (χ4n) is 2.16. The molecule has 0 fully saturated rings. The van der Waals surface area contributed by atoms with Gasteiger partial charge < -0.3 is 20.7 Å². The molecule has 0 amide bonds. The summed E-state index contributed by atoms with van der Waals surface area (Å²) in [5.41, 5.74) is 7.18. The van der Waals surface area contributed by atoms with Crippen LogP contribution in [0.2, 0.25) is 0 Å². The van der Waals surface area contributed by atoms with E-state index in [9.17, 15) is 9.59 Å². The number of carboxylic acid groups (broad SMARTS) is 2. The van der Waals surface area contributed by atoms with Crippen molar-refractivity contribution in [3.05, 3.63) is 65.7 Å². The van der Waals surface area contributed by atoms with Crippen LogP contribution in [0.3, 0.4) is 0 Å². The molecule has 1 unspecified atom stereocenters. The van der Waals surface area contributed by atoms with Crippen molar-refractivity contribution < 1.29 is 24.5 Å². The van der Waals surface area contributed by atoms with Crippen molar-refractivity contribution in [2.45, 2.75) is 12.6 Å². The van der Waals surface area contributed by atoms with E-state index in [-0.39, 0.29) is 0 Å². The molecule has 2 aromatic rings. The van der Waals surface area contributed by atoms with Gasteiger partial charge in [-0.2, -0.15) is 0 Å². The average Bonchev–Trinajstić information content (AvgIpc) is 2.53. The van der Waals surface area contributed by atoms with Crippen LogP contribution in [-0.4, -0.2) is 22.2 Å². The summed E-state index contributed by atoms with van der Waals surface area (Å²) in [7, 11) is 0. The minimum Gasteiger partial charge on any atom is -0.489 e. The standard InChI is InChI=1S/C17H17NO5/c18-15(14(16(19)20)17(21)22)12-7-4-8-13(9-12)23-10-11-5-2-1-3-6-11/h1-9,14-15H,10,18H2,(H,19,20)(H,21,22). The molecular formula is C17H17NO5. The largest absolute Gasteiger partial charge is 0.489 e. The highest BCUT2D eigenvalue weighted by Crippen LogP contribution is 2.24. The minimum atomic E-state index is -1.71. The van der Waals surface area contributed by atoms with E-state index in [4.69, 9.17) is 20.7 Å². The first-order valence-electron chi connectivity index (χ1n) is 6.97. The van der Waals surface area contributed by atoms with Crippen LogP contribution in [0.4, 0.5) is 0 Å². The first-order valence-corrected chi connectivity index (χ1v) is 6.97. The van der Waals surface area contributed by atoms with Crippen molar-refractivity contribution in [3.8, 4) is 5.75 Å². The molecule has 0 radical (unpaired) electrons. The fraction of sp³-hybridized carbons (Fsp3) is 0.176. The molecular weight excluding hydrogens is 298 g/mol. The van der Waals surface area contributed by atoms with Gasteiger partial charge in [0.1, 0.15) is 12.4 Å². The van der Waals surface area contributed by atoms with Crippen LogP contribution in [0, 0.1) is 5.92 Å². The van der Waals surface area contributed by atoms with Crippen LogP contribution in [-0.2, 0) is 16.2 Å². The Kier molecular flexibility index (Phi) is 5.32. The van der Waals surface area contributed by atoms with Crippen LogP contribution < -0.4 is 10.5 Å². The van der Waals surface area contributed by atoms with E-state index in [0.717, 1.165) is 5.56 Å². The van der Waals surface area contributed by atoms with Gasteiger partial charge in [-0.1, -0.05) is 42.5 Å². The lowest BCUT2D eigenvalue weighted by molar-refractivity contribution is -0.155. The molecule has 1 atom stereocenters. The van der Waals surface area contributed by atoms with Crippen LogP contribution in [0.1, 0.15) is 17.2 Å². The van der Waals surface area contributed by atoms with Gasteiger partial charge in [0.05, 0.1) is 6.04 Å². The van der Waals surface area contributed by atoms with Gasteiger partial charge in [0.15, 0.2) is 5.92 Å². The Morgan fingerprint density at radius 1 is 1.00 bits per heavy atom. The molecule has 4 N–H and O–H groups in total.